The van der Waals surface area contributed by atoms with E-state index in [0.717, 1.165) is 17.8 Å². The molecule has 0 bridgehead atoms. The zero-order valence-corrected chi connectivity index (χ0v) is 11.9. The predicted octanol–water partition coefficient (Wildman–Crippen LogP) is 2.67. The van der Waals surface area contributed by atoms with E-state index in [1.54, 1.807) is 6.07 Å². The molecule has 3 nitrogen and oxygen atoms in total. The number of hydrogen-bond donors (Lipinski definition) is 1. The third kappa shape index (κ3) is 4.56. The summed E-state index contributed by atoms with van der Waals surface area (Å²) in [5, 5.41) is 9.75. The SMILES string of the molecule is CSCCC(C)N(C)Cc1nc(C)ccc1O. The summed E-state index contributed by atoms with van der Waals surface area (Å²) >= 11 is 1.87. The Morgan fingerprint density at radius 1 is 1.47 bits per heavy atom. The molecule has 0 aliphatic heterocycles. The van der Waals surface area contributed by atoms with Crippen LogP contribution in [-0.4, -0.2) is 40.1 Å². The van der Waals surface area contributed by atoms with E-state index in [1.165, 1.54) is 5.75 Å². The van der Waals surface area contributed by atoms with E-state index in [2.05, 4.69) is 30.1 Å². The molecule has 1 atom stereocenters. The summed E-state index contributed by atoms with van der Waals surface area (Å²) in [6.07, 6.45) is 3.28. The number of hydrogen-bond acceptors (Lipinski definition) is 4. The molecular formula is C13H22N2OS. The molecule has 1 rings (SSSR count). The van der Waals surface area contributed by atoms with Gasteiger partial charge in [-0.15, -0.1) is 0 Å². The topological polar surface area (TPSA) is 36.4 Å². The second-order valence-corrected chi connectivity index (χ2v) is 5.45. The van der Waals surface area contributed by atoms with Gasteiger partial charge in [0.15, 0.2) is 0 Å². The monoisotopic (exact) mass is 254 g/mol. The molecule has 1 aromatic rings. The fourth-order valence-electron chi connectivity index (χ4n) is 1.62. The number of thioether (sulfide) groups is 1. The van der Waals surface area contributed by atoms with Gasteiger partial charge in [-0.1, -0.05) is 0 Å². The molecule has 0 saturated heterocycles. The molecule has 0 fully saturated rings. The summed E-state index contributed by atoms with van der Waals surface area (Å²) in [6.45, 7) is 4.85. The third-order valence-corrected chi connectivity index (χ3v) is 3.62. The van der Waals surface area contributed by atoms with Gasteiger partial charge in [0, 0.05) is 18.3 Å². The van der Waals surface area contributed by atoms with Gasteiger partial charge >= 0.3 is 0 Å². The van der Waals surface area contributed by atoms with Crippen molar-refractivity contribution in [2.24, 2.45) is 0 Å². The Bertz CT molecular complexity index is 357. The van der Waals surface area contributed by atoms with Crippen molar-refractivity contribution in [3.05, 3.63) is 23.5 Å². The van der Waals surface area contributed by atoms with Crippen LogP contribution < -0.4 is 0 Å². The van der Waals surface area contributed by atoms with Gasteiger partial charge in [0.05, 0.1) is 5.69 Å². The largest absolute Gasteiger partial charge is 0.506 e. The number of rotatable bonds is 6. The molecule has 1 aromatic heterocycles. The number of aromatic hydroxyl groups is 1. The lowest BCUT2D eigenvalue weighted by Gasteiger charge is -2.24. The number of aromatic nitrogens is 1. The van der Waals surface area contributed by atoms with Gasteiger partial charge < -0.3 is 5.11 Å². The van der Waals surface area contributed by atoms with E-state index < -0.39 is 0 Å². The summed E-state index contributed by atoms with van der Waals surface area (Å²) in [5.41, 5.74) is 1.71. The normalized spacial score (nSPS) is 13.0. The van der Waals surface area contributed by atoms with Crippen molar-refractivity contribution >= 4 is 11.8 Å². The quantitative estimate of drug-likeness (QED) is 0.847. The highest BCUT2D eigenvalue weighted by Gasteiger charge is 2.12. The Kier molecular flexibility index (Phi) is 5.78. The lowest BCUT2D eigenvalue weighted by Crippen LogP contribution is -2.29. The lowest BCUT2D eigenvalue weighted by atomic mass is 10.2. The first-order valence-electron chi connectivity index (χ1n) is 5.89. The standard InChI is InChI=1S/C13H22N2OS/c1-10-5-6-13(16)12(14-10)9-15(3)11(2)7-8-17-4/h5-6,11,16H,7-9H2,1-4H3. The molecule has 0 radical (unpaired) electrons. The summed E-state index contributed by atoms with van der Waals surface area (Å²) < 4.78 is 0. The lowest BCUT2D eigenvalue weighted by molar-refractivity contribution is 0.239. The van der Waals surface area contributed by atoms with Crippen molar-refractivity contribution in [1.82, 2.24) is 9.88 Å². The fraction of sp³-hybridized carbons (Fsp3) is 0.615. The minimum Gasteiger partial charge on any atom is -0.506 e. The van der Waals surface area contributed by atoms with Gasteiger partial charge in [0.2, 0.25) is 0 Å². The van der Waals surface area contributed by atoms with Crippen LogP contribution >= 0.6 is 11.8 Å². The smallest absolute Gasteiger partial charge is 0.138 e. The second kappa shape index (κ2) is 6.87. The van der Waals surface area contributed by atoms with Crippen LogP contribution in [0.5, 0.6) is 5.75 Å². The molecule has 0 spiro atoms. The molecule has 1 N–H and O–H groups in total. The summed E-state index contributed by atoms with van der Waals surface area (Å²) in [4.78, 5) is 6.61. The third-order valence-electron chi connectivity index (χ3n) is 2.98. The average molecular weight is 254 g/mol. The maximum absolute atomic E-state index is 9.75. The van der Waals surface area contributed by atoms with Crippen LogP contribution in [0.4, 0.5) is 0 Å². The Balaban J connectivity index is 2.60. The zero-order valence-electron chi connectivity index (χ0n) is 11.1. The molecule has 17 heavy (non-hydrogen) atoms. The average Bonchev–Trinajstić information content (AvgIpc) is 2.30. The maximum atomic E-state index is 9.75. The fourth-order valence-corrected chi connectivity index (χ4v) is 2.20. The van der Waals surface area contributed by atoms with E-state index >= 15 is 0 Å². The molecule has 1 unspecified atom stereocenters. The Morgan fingerprint density at radius 2 is 2.18 bits per heavy atom. The van der Waals surface area contributed by atoms with Crippen LogP contribution in [0.15, 0.2) is 12.1 Å². The maximum Gasteiger partial charge on any atom is 0.138 e. The van der Waals surface area contributed by atoms with Crippen molar-refractivity contribution in [3.63, 3.8) is 0 Å². The second-order valence-electron chi connectivity index (χ2n) is 4.46. The van der Waals surface area contributed by atoms with Crippen molar-refractivity contribution in [2.75, 3.05) is 19.1 Å². The van der Waals surface area contributed by atoms with E-state index in [-0.39, 0.29) is 0 Å². The predicted molar refractivity (Wildman–Crippen MR) is 74.6 cm³/mol. The van der Waals surface area contributed by atoms with Gasteiger partial charge in [0.1, 0.15) is 5.75 Å². The van der Waals surface area contributed by atoms with Crippen LogP contribution in [0, 0.1) is 6.92 Å². The van der Waals surface area contributed by atoms with Crippen LogP contribution in [0.25, 0.3) is 0 Å². The first-order chi connectivity index (χ1) is 8.04. The van der Waals surface area contributed by atoms with Gasteiger partial charge in [-0.2, -0.15) is 11.8 Å². The Hall–Kier alpha value is -0.740. The van der Waals surface area contributed by atoms with Gasteiger partial charge in [-0.05, 0) is 51.5 Å². The molecule has 0 aliphatic carbocycles. The summed E-state index contributed by atoms with van der Waals surface area (Å²) in [6, 6.07) is 4.05. The van der Waals surface area contributed by atoms with Crippen LogP contribution in [0.2, 0.25) is 0 Å². The van der Waals surface area contributed by atoms with E-state index in [4.69, 9.17) is 0 Å². The van der Waals surface area contributed by atoms with E-state index in [9.17, 15) is 5.11 Å². The number of pyridine rings is 1. The molecule has 96 valence electrons. The van der Waals surface area contributed by atoms with Gasteiger partial charge in [0.25, 0.3) is 0 Å². The van der Waals surface area contributed by atoms with E-state index in [0.29, 0.717) is 18.3 Å². The van der Waals surface area contributed by atoms with Crippen molar-refractivity contribution in [2.45, 2.75) is 32.9 Å². The molecule has 0 aliphatic rings. The molecule has 1 heterocycles. The molecule has 4 heteroatoms. The Labute approximate surface area is 108 Å². The zero-order chi connectivity index (χ0) is 12.8. The highest BCUT2D eigenvalue weighted by atomic mass is 32.2. The van der Waals surface area contributed by atoms with Crippen LogP contribution in [-0.2, 0) is 6.54 Å². The molecule has 0 amide bonds. The summed E-state index contributed by atoms with van der Waals surface area (Å²) in [7, 11) is 2.08. The van der Waals surface area contributed by atoms with Crippen LogP contribution in [0.3, 0.4) is 0 Å². The van der Waals surface area contributed by atoms with Crippen LogP contribution in [0.1, 0.15) is 24.7 Å². The van der Waals surface area contributed by atoms with Gasteiger partial charge in [-0.3, -0.25) is 9.88 Å². The highest BCUT2D eigenvalue weighted by Crippen LogP contribution is 2.18. The first kappa shape index (κ1) is 14.3. The number of nitrogens with zero attached hydrogens (tertiary/aromatic N) is 2. The van der Waals surface area contributed by atoms with Crippen molar-refractivity contribution in [1.29, 1.82) is 0 Å². The Morgan fingerprint density at radius 3 is 2.82 bits per heavy atom. The molecular weight excluding hydrogens is 232 g/mol. The van der Waals surface area contributed by atoms with Crippen molar-refractivity contribution in [3.8, 4) is 5.75 Å². The minimum atomic E-state index is 0.291. The summed E-state index contributed by atoms with van der Waals surface area (Å²) in [5.74, 6) is 1.46. The highest BCUT2D eigenvalue weighted by molar-refractivity contribution is 7.98. The van der Waals surface area contributed by atoms with E-state index in [1.807, 2.05) is 24.8 Å². The molecule has 0 aromatic carbocycles. The first-order valence-corrected chi connectivity index (χ1v) is 7.28. The minimum absolute atomic E-state index is 0.291. The van der Waals surface area contributed by atoms with Crippen molar-refractivity contribution < 1.29 is 5.11 Å². The van der Waals surface area contributed by atoms with Gasteiger partial charge in [-0.25, -0.2) is 0 Å². The molecule has 0 saturated carbocycles. The number of aryl methyl sites for hydroxylation is 1.